The average molecular weight is 286 g/mol. The number of benzene rings is 1. The summed E-state index contributed by atoms with van der Waals surface area (Å²) >= 11 is 0. The number of amides is 2. The molecule has 5 heteroatoms. The Hall–Kier alpha value is -2.30. The third-order valence-corrected chi connectivity index (χ3v) is 4.09. The molecule has 0 saturated carbocycles. The molecule has 0 saturated heterocycles. The molecule has 2 aliphatic heterocycles. The van der Waals surface area contributed by atoms with Crippen molar-refractivity contribution in [1.82, 2.24) is 9.80 Å². The Morgan fingerprint density at radius 2 is 1.95 bits per heavy atom. The zero-order chi connectivity index (χ0) is 14.8. The SMILES string of the molecule is O=C(O)C1c2ccccc2CCN1C(=O)N1CC=CCC1. The number of carbonyl (C=O) groups is 2. The van der Waals surface area contributed by atoms with Crippen LogP contribution in [0.25, 0.3) is 0 Å². The van der Waals surface area contributed by atoms with E-state index in [0.29, 0.717) is 26.1 Å². The van der Waals surface area contributed by atoms with Gasteiger partial charge in [-0.05, 0) is 24.0 Å². The quantitative estimate of drug-likeness (QED) is 0.804. The van der Waals surface area contributed by atoms with Crippen molar-refractivity contribution in [3.05, 3.63) is 47.5 Å². The van der Waals surface area contributed by atoms with Crippen molar-refractivity contribution in [2.75, 3.05) is 19.6 Å². The summed E-state index contributed by atoms with van der Waals surface area (Å²) in [6.07, 6.45) is 5.53. The van der Waals surface area contributed by atoms with Crippen molar-refractivity contribution >= 4 is 12.0 Å². The topological polar surface area (TPSA) is 60.9 Å². The van der Waals surface area contributed by atoms with Crippen molar-refractivity contribution in [3.8, 4) is 0 Å². The number of hydrogen-bond acceptors (Lipinski definition) is 2. The number of urea groups is 1. The molecule has 0 radical (unpaired) electrons. The van der Waals surface area contributed by atoms with Crippen LogP contribution in [-0.2, 0) is 11.2 Å². The summed E-state index contributed by atoms with van der Waals surface area (Å²) < 4.78 is 0. The first kappa shape index (κ1) is 13.7. The molecule has 2 heterocycles. The lowest BCUT2D eigenvalue weighted by Gasteiger charge is -2.38. The lowest BCUT2D eigenvalue weighted by atomic mass is 9.93. The van der Waals surface area contributed by atoms with E-state index < -0.39 is 12.0 Å². The number of aliphatic carboxylic acids is 1. The second kappa shape index (κ2) is 5.60. The van der Waals surface area contributed by atoms with E-state index in [-0.39, 0.29) is 6.03 Å². The molecule has 1 aromatic rings. The largest absolute Gasteiger partial charge is 0.479 e. The number of fused-ring (bicyclic) bond motifs is 1. The van der Waals surface area contributed by atoms with Crippen molar-refractivity contribution < 1.29 is 14.7 Å². The molecule has 21 heavy (non-hydrogen) atoms. The van der Waals surface area contributed by atoms with Crippen molar-refractivity contribution in [1.29, 1.82) is 0 Å². The first-order valence-corrected chi connectivity index (χ1v) is 7.19. The van der Waals surface area contributed by atoms with Crippen LogP contribution in [0.5, 0.6) is 0 Å². The number of carbonyl (C=O) groups excluding carboxylic acids is 1. The lowest BCUT2D eigenvalue weighted by Crippen LogP contribution is -2.50. The fourth-order valence-electron chi connectivity index (χ4n) is 3.04. The average Bonchev–Trinajstić information content (AvgIpc) is 2.53. The van der Waals surface area contributed by atoms with Crippen LogP contribution in [0, 0.1) is 0 Å². The van der Waals surface area contributed by atoms with E-state index in [1.165, 1.54) is 4.90 Å². The highest BCUT2D eigenvalue weighted by Crippen LogP contribution is 2.30. The van der Waals surface area contributed by atoms with Crippen LogP contribution in [-0.4, -0.2) is 46.5 Å². The molecule has 110 valence electrons. The van der Waals surface area contributed by atoms with Gasteiger partial charge in [-0.1, -0.05) is 36.4 Å². The molecule has 0 fully saturated rings. The van der Waals surface area contributed by atoms with Crippen LogP contribution in [0.2, 0.25) is 0 Å². The zero-order valence-electron chi connectivity index (χ0n) is 11.7. The van der Waals surface area contributed by atoms with E-state index in [0.717, 1.165) is 17.5 Å². The Kier molecular flexibility index (Phi) is 3.64. The van der Waals surface area contributed by atoms with Crippen LogP contribution < -0.4 is 0 Å². The number of hydrogen-bond donors (Lipinski definition) is 1. The number of carboxylic acid groups (broad SMARTS) is 1. The minimum atomic E-state index is -0.969. The van der Waals surface area contributed by atoms with Gasteiger partial charge in [-0.15, -0.1) is 0 Å². The highest BCUT2D eigenvalue weighted by atomic mass is 16.4. The number of rotatable bonds is 1. The van der Waals surface area contributed by atoms with Crippen molar-refractivity contribution in [2.24, 2.45) is 0 Å². The van der Waals surface area contributed by atoms with E-state index in [2.05, 4.69) is 0 Å². The van der Waals surface area contributed by atoms with Crippen molar-refractivity contribution in [2.45, 2.75) is 18.9 Å². The maximum Gasteiger partial charge on any atom is 0.331 e. The van der Waals surface area contributed by atoms with E-state index >= 15 is 0 Å². The lowest BCUT2D eigenvalue weighted by molar-refractivity contribution is -0.143. The van der Waals surface area contributed by atoms with Crippen LogP contribution in [0.4, 0.5) is 4.79 Å². The molecular formula is C16H18N2O3. The smallest absolute Gasteiger partial charge is 0.331 e. The van der Waals surface area contributed by atoms with Crippen LogP contribution >= 0.6 is 0 Å². The highest BCUT2D eigenvalue weighted by molar-refractivity contribution is 5.85. The highest BCUT2D eigenvalue weighted by Gasteiger charge is 2.37. The second-order valence-electron chi connectivity index (χ2n) is 5.37. The van der Waals surface area contributed by atoms with Gasteiger partial charge in [0.25, 0.3) is 0 Å². The summed E-state index contributed by atoms with van der Waals surface area (Å²) in [6.45, 7) is 1.66. The Morgan fingerprint density at radius 1 is 1.14 bits per heavy atom. The maximum atomic E-state index is 12.6. The zero-order valence-corrected chi connectivity index (χ0v) is 11.7. The Morgan fingerprint density at radius 3 is 2.67 bits per heavy atom. The van der Waals surface area contributed by atoms with Gasteiger partial charge in [0.2, 0.25) is 0 Å². The number of nitrogens with zero attached hydrogens (tertiary/aromatic N) is 2. The van der Waals surface area contributed by atoms with Gasteiger partial charge in [-0.3, -0.25) is 0 Å². The molecule has 0 spiro atoms. The third kappa shape index (κ3) is 2.51. The fraction of sp³-hybridized carbons (Fsp3) is 0.375. The first-order valence-electron chi connectivity index (χ1n) is 7.19. The summed E-state index contributed by atoms with van der Waals surface area (Å²) in [5.74, 6) is -0.969. The van der Waals surface area contributed by atoms with Crippen LogP contribution in [0.15, 0.2) is 36.4 Å². The summed E-state index contributed by atoms with van der Waals surface area (Å²) in [5, 5.41) is 9.58. The normalized spacial score (nSPS) is 21.0. The molecular weight excluding hydrogens is 268 g/mol. The van der Waals surface area contributed by atoms with Gasteiger partial charge in [0, 0.05) is 19.6 Å². The molecule has 2 aliphatic rings. The van der Waals surface area contributed by atoms with E-state index in [1.54, 1.807) is 4.90 Å². The molecule has 1 N–H and O–H groups in total. The molecule has 0 bridgehead atoms. The minimum absolute atomic E-state index is 0.179. The molecule has 0 aliphatic carbocycles. The summed E-state index contributed by atoms with van der Waals surface area (Å²) in [5.41, 5.74) is 1.75. The van der Waals surface area contributed by atoms with Gasteiger partial charge in [-0.25, -0.2) is 9.59 Å². The third-order valence-electron chi connectivity index (χ3n) is 4.09. The minimum Gasteiger partial charge on any atom is -0.479 e. The second-order valence-corrected chi connectivity index (χ2v) is 5.37. The van der Waals surface area contributed by atoms with E-state index in [4.69, 9.17) is 0 Å². The first-order chi connectivity index (χ1) is 10.2. The van der Waals surface area contributed by atoms with E-state index in [9.17, 15) is 14.7 Å². The van der Waals surface area contributed by atoms with Gasteiger partial charge in [0.1, 0.15) is 0 Å². The van der Waals surface area contributed by atoms with Gasteiger partial charge in [-0.2, -0.15) is 0 Å². The van der Waals surface area contributed by atoms with Gasteiger partial charge in [0.05, 0.1) is 0 Å². The predicted octanol–water partition coefficient (Wildman–Crippen LogP) is 2.05. The molecule has 0 aromatic heterocycles. The monoisotopic (exact) mass is 286 g/mol. The summed E-state index contributed by atoms with van der Waals surface area (Å²) in [7, 11) is 0. The molecule has 3 rings (SSSR count). The van der Waals surface area contributed by atoms with Gasteiger partial charge < -0.3 is 14.9 Å². The Bertz CT molecular complexity index is 597. The Balaban J connectivity index is 1.90. The molecule has 2 amide bonds. The Labute approximate surface area is 123 Å². The molecule has 1 aromatic carbocycles. The van der Waals surface area contributed by atoms with Crippen molar-refractivity contribution in [3.63, 3.8) is 0 Å². The summed E-state index contributed by atoms with van der Waals surface area (Å²) in [4.78, 5) is 27.5. The van der Waals surface area contributed by atoms with E-state index in [1.807, 2.05) is 36.4 Å². The molecule has 1 atom stereocenters. The van der Waals surface area contributed by atoms with Gasteiger partial charge in [0.15, 0.2) is 6.04 Å². The fourth-order valence-corrected chi connectivity index (χ4v) is 3.04. The number of carboxylic acids is 1. The van der Waals surface area contributed by atoms with Crippen LogP contribution in [0.1, 0.15) is 23.6 Å². The molecule has 5 nitrogen and oxygen atoms in total. The predicted molar refractivity (Wildman–Crippen MR) is 78.0 cm³/mol. The maximum absolute atomic E-state index is 12.6. The summed E-state index contributed by atoms with van der Waals surface area (Å²) in [6, 6.07) is 6.42. The van der Waals surface area contributed by atoms with Gasteiger partial charge >= 0.3 is 12.0 Å². The van der Waals surface area contributed by atoms with Crippen LogP contribution in [0.3, 0.4) is 0 Å². The standard InChI is InChI=1S/C16H18N2O3/c19-15(20)14-13-7-3-2-6-12(13)8-11-18(14)16(21)17-9-4-1-5-10-17/h1-4,6-7,14H,5,8-11H2,(H,19,20). The molecule has 1 unspecified atom stereocenters.